The average Bonchev–Trinajstić information content (AvgIpc) is 3.26. The number of amides is 5. The van der Waals surface area contributed by atoms with Crippen LogP contribution in [-0.4, -0.2) is 91.6 Å². The Morgan fingerprint density at radius 3 is 2.26 bits per heavy atom. The highest BCUT2D eigenvalue weighted by Gasteiger charge is 2.70. The first kappa shape index (κ1) is 37.1. The molecule has 3 unspecified atom stereocenters. The van der Waals surface area contributed by atoms with Crippen LogP contribution < -0.4 is 21.3 Å². The van der Waals surface area contributed by atoms with Gasteiger partial charge in [0.25, 0.3) is 5.91 Å². The van der Waals surface area contributed by atoms with E-state index in [-0.39, 0.29) is 48.9 Å². The molecule has 3 fully saturated rings. The molecule has 1 aliphatic heterocycles. The summed E-state index contributed by atoms with van der Waals surface area (Å²) in [6.07, 6.45) is 11.7. The zero-order valence-corrected chi connectivity index (χ0v) is 28.8. The molecule has 12 nitrogen and oxygen atoms in total. The molecular weight excluding hydrogens is 610 g/mol. The molecule has 1 saturated heterocycles. The summed E-state index contributed by atoms with van der Waals surface area (Å²) in [5.74, 6) is -0.665. The van der Waals surface area contributed by atoms with E-state index in [1.165, 1.54) is 11.0 Å². The van der Waals surface area contributed by atoms with Crippen molar-refractivity contribution in [2.24, 2.45) is 22.7 Å². The second-order valence-corrected chi connectivity index (χ2v) is 17.0. The molecule has 1 heterocycles. The predicted molar refractivity (Wildman–Crippen MR) is 175 cm³/mol. The maximum Gasteiger partial charge on any atom is 0.315 e. The van der Waals surface area contributed by atoms with E-state index in [4.69, 9.17) is 6.42 Å². The van der Waals surface area contributed by atoms with Gasteiger partial charge in [0.2, 0.25) is 17.6 Å². The molecule has 0 aromatic rings. The Morgan fingerprint density at radius 2 is 1.72 bits per heavy atom. The van der Waals surface area contributed by atoms with Crippen LogP contribution in [-0.2, 0) is 29.0 Å². The van der Waals surface area contributed by atoms with Gasteiger partial charge in [-0.15, -0.1) is 18.9 Å². The normalized spacial score (nSPS) is 24.3. The predicted octanol–water partition coefficient (Wildman–Crippen LogP) is 1.70. The van der Waals surface area contributed by atoms with E-state index in [1.807, 2.05) is 13.8 Å². The first-order valence-electron chi connectivity index (χ1n) is 16.0. The van der Waals surface area contributed by atoms with Crippen LogP contribution in [0.15, 0.2) is 12.7 Å². The largest absolute Gasteiger partial charge is 0.346 e. The van der Waals surface area contributed by atoms with Gasteiger partial charge >= 0.3 is 6.03 Å². The fourth-order valence-electron chi connectivity index (χ4n) is 7.24. The Morgan fingerprint density at radius 1 is 1.09 bits per heavy atom. The minimum absolute atomic E-state index is 0.0256. The van der Waals surface area contributed by atoms with Crippen LogP contribution in [0, 0.1) is 35.0 Å². The topological polar surface area (TPSA) is 171 Å². The number of Topliss-reactive ketones (excluding diaryl/α,β-unsaturated/α-hetero) is 1. The van der Waals surface area contributed by atoms with Gasteiger partial charge in [-0.2, -0.15) is 0 Å². The Balaban J connectivity index is 1.85. The maximum absolute atomic E-state index is 14.3. The van der Waals surface area contributed by atoms with Crippen LogP contribution >= 0.6 is 0 Å². The van der Waals surface area contributed by atoms with Crippen molar-refractivity contribution in [3.63, 3.8) is 0 Å². The quantitative estimate of drug-likeness (QED) is 0.132. The van der Waals surface area contributed by atoms with Crippen molar-refractivity contribution >= 4 is 39.4 Å². The van der Waals surface area contributed by atoms with Crippen LogP contribution in [0.1, 0.15) is 79.6 Å². The fraction of sp³-hybridized carbons (Fsp3) is 0.727. The molecule has 5 amide bonds. The van der Waals surface area contributed by atoms with Gasteiger partial charge in [-0.25, -0.2) is 13.2 Å². The number of nitrogens with zero attached hydrogens (tertiary/aromatic N) is 1. The number of terminal acetylenes is 1. The van der Waals surface area contributed by atoms with Gasteiger partial charge in [0.1, 0.15) is 21.9 Å². The molecule has 5 atom stereocenters. The lowest BCUT2D eigenvalue weighted by molar-refractivity contribution is -0.145. The van der Waals surface area contributed by atoms with Crippen molar-refractivity contribution in [2.45, 2.75) is 103 Å². The summed E-state index contributed by atoms with van der Waals surface area (Å²) in [5, 5.41) is 10.9. The molecule has 0 aromatic carbocycles. The minimum Gasteiger partial charge on any atom is -0.346 e. The summed E-state index contributed by atoms with van der Waals surface area (Å²) >= 11 is 0. The third-order valence-electron chi connectivity index (χ3n) is 9.72. The SMILES string of the molecule is C#CCCC(NC(=O)[C@@H]1C2C(CN1C(=O)[C@@H](NC(=O)NC1(CS(C)(=O)=O)CCCCC1)C(C)(C)C)C2(C)C)C(=O)C(=O)NCC=C. The first-order chi connectivity index (χ1) is 21.3. The van der Waals surface area contributed by atoms with Gasteiger partial charge in [-0.1, -0.05) is 60.0 Å². The number of hydrogen-bond acceptors (Lipinski definition) is 7. The van der Waals surface area contributed by atoms with Crippen LogP contribution in [0.3, 0.4) is 0 Å². The molecule has 3 rings (SSSR count). The van der Waals surface area contributed by atoms with Gasteiger partial charge in [0.15, 0.2) is 0 Å². The van der Waals surface area contributed by atoms with Gasteiger partial charge in [-0.05, 0) is 41.9 Å². The third kappa shape index (κ3) is 8.69. The van der Waals surface area contributed by atoms with Crippen molar-refractivity contribution in [3.05, 3.63) is 12.7 Å². The monoisotopic (exact) mass is 661 g/mol. The van der Waals surface area contributed by atoms with Crippen LogP contribution in [0.2, 0.25) is 0 Å². The zero-order valence-electron chi connectivity index (χ0n) is 28.0. The number of carbonyl (C=O) groups is 5. The van der Waals surface area contributed by atoms with Gasteiger partial charge < -0.3 is 26.2 Å². The molecule has 4 N–H and O–H groups in total. The number of urea groups is 1. The second kappa shape index (κ2) is 14.2. The van der Waals surface area contributed by atoms with E-state index in [9.17, 15) is 32.4 Å². The van der Waals surface area contributed by atoms with E-state index < -0.39 is 68.5 Å². The molecule has 0 aromatic heterocycles. The number of ketones is 1. The molecule has 256 valence electrons. The van der Waals surface area contributed by atoms with Crippen molar-refractivity contribution in [2.75, 3.05) is 25.1 Å². The number of nitrogens with one attached hydrogen (secondary N) is 4. The summed E-state index contributed by atoms with van der Waals surface area (Å²) in [4.78, 5) is 68.6. The van der Waals surface area contributed by atoms with Crippen LogP contribution in [0.25, 0.3) is 0 Å². The summed E-state index contributed by atoms with van der Waals surface area (Å²) in [6.45, 7) is 13.3. The zero-order chi connectivity index (χ0) is 34.7. The molecule has 13 heteroatoms. The smallest absolute Gasteiger partial charge is 0.315 e. The summed E-state index contributed by atoms with van der Waals surface area (Å²) in [6, 6.07) is -3.81. The molecular formula is C33H51N5O7S. The summed E-state index contributed by atoms with van der Waals surface area (Å²) in [7, 11) is -3.40. The number of likely N-dealkylation sites (tertiary alicyclic amines) is 1. The molecule has 0 radical (unpaired) electrons. The lowest BCUT2D eigenvalue weighted by Crippen LogP contribution is -2.63. The van der Waals surface area contributed by atoms with E-state index >= 15 is 0 Å². The first-order valence-corrected chi connectivity index (χ1v) is 18.1. The maximum atomic E-state index is 14.3. The Bertz CT molecular complexity index is 1370. The highest BCUT2D eigenvalue weighted by Crippen LogP contribution is 2.65. The molecule has 2 saturated carbocycles. The number of piperidine rings is 1. The van der Waals surface area contributed by atoms with Crippen molar-refractivity contribution in [3.8, 4) is 12.3 Å². The highest BCUT2D eigenvalue weighted by molar-refractivity contribution is 7.90. The molecule has 3 aliphatic rings. The van der Waals surface area contributed by atoms with Crippen LogP contribution in [0.4, 0.5) is 4.79 Å². The van der Waals surface area contributed by atoms with Gasteiger partial charge in [0.05, 0.1) is 17.3 Å². The standard InChI is InChI=1S/C33H51N5O7S/c1-9-11-15-22(25(39)28(41)34-18-10-2)35-27(40)24-23-21(32(23,6)7)19-38(24)29(42)26(31(3,4)5)36-30(43)37-33(20-46(8,44)45)16-13-12-14-17-33/h1,10,21-24,26H,2,11-20H2,3-8H3,(H,34,41)(H,35,40)(H2,36,37,43)/t21?,22?,23?,24-,26+/m0/s1. The summed E-state index contributed by atoms with van der Waals surface area (Å²) < 4.78 is 24.5. The van der Waals surface area contributed by atoms with Crippen molar-refractivity contribution < 1.29 is 32.4 Å². The van der Waals surface area contributed by atoms with E-state index in [0.717, 1.165) is 25.5 Å². The minimum atomic E-state index is -3.40. The van der Waals surface area contributed by atoms with E-state index in [1.54, 1.807) is 20.8 Å². The van der Waals surface area contributed by atoms with E-state index in [2.05, 4.69) is 33.8 Å². The number of carbonyl (C=O) groups excluding carboxylic acids is 5. The number of hydrogen-bond donors (Lipinski definition) is 4. The van der Waals surface area contributed by atoms with Crippen LogP contribution in [0.5, 0.6) is 0 Å². The number of sulfone groups is 1. The Kier molecular flexibility index (Phi) is 11.4. The molecule has 2 aliphatic carbocycles. The molecule has 0 bridgehead atoms. The summed E-state index contributed by atoms with van der Waals surface area (Å²) in [5.41, 5.74) is -1.94. The average molecular weight is 662 g/mol. The van der Waals surface area contributed by atoms with E-state index in [0.29, 0.717) is 12.8 Å². The van der Waals surface area contributed by atoms with Gasteiger partial charge in [-0.3, -0.25) is 19.2 Å². The van der Waals surface area contributed by atoms with Crippen molar-refractivity contribution in [1.29, 1.82) is 0 Å². The lowest BCUT2D eigenvalue weighted by Gasteiger charge is -2.40. The third-order valence-corrected chi connectivity index (χ3v) is 10.8. The van der Waals surface area contributed by atoms with Gasteiger partial charge in [0, 0.05) is 25.8 Å². The highest BCUT2D eigenvalue weighted by atomic mass is 32.2. The Labute approximate surface area is 273 Å². The molecule has 0 spiro atoms. The number of fused-ring (bicyclic) bond motifs is 1. The Hall–Kier alpha value is -3.40. The lowest BCUT2D eigenvalue weighted by atomic mass is 9.83. The fourth-order valence-corrected chi connectivity index (χ4v) is 8.60. The molecule has 46 heavy (non-hydrogen) atoms. The van der Waals surface area contributed by atoms with Crippen molar-refractivity contribution in [1.82, 2.24) is 26.2 Å². The number of rotatable bonds is 13. The second-order valence-electron chi connectivity index (χ2n) is 14.9.